The van der Waals surface area contributed by atoms with Crippen molar-refractivity contribution in [1.82, 2.24) is 0 Å². The molecule has 0 radical (unpaired) electrons. The number of rotatable bonds is 66. The molecule has 0 saturated carbocycles. The van der Waals surface area contributed by atoms with Crippen molar-refractivity contribution in [3.05, 3.63) is 134 Å². The van der Waals surface area contributed by atoms with Crippen LogP contribution >= 0.6 is 7.82 Å². The first-order chi connectivity index (χ1) is 42.8. The predicted octanol–water partition coefficient (Wildman–Crippen LogP) is 23.6. The average Bonchev–Trinajstić information content (AvgIpc) is 3.64. The van der Waals surface area contributed by atoms with E-state index < -0.39 is 26.5 Å². The van der Waals surface area contributed by atoms with Crippen molar-refractivity contribution in [3.8, 4) is 0 Å². The summed E-state index contributed by atoms with van der Waals surface area (Å²) < 4.78 is 33.2. The molecule has 3 N–H and O–H groups in total. The third kappa shape index (κ3) is 71.1. The van der Waals surface area contributed by atoms with Gasteiger partial charge in [-0.05, 0) is 116 Å². The van der Waals surface area contributed by atoms with Crippen LogP contribution in [0.3, 0.4) is 0 Å². The van der Waals surface area contributed by atoms with Gasteiger partial charge in [0.25, 0.3) is 0 Å². The molecule has 0 bridgehead atoms. The molecule has 0 saturated heterocycles. The van der Waals surface area contributed by atoms with Crippen molar-refractivity contribution >= 4 is 19.8 Å². The third-order valence-electron chi connectivity index (χ3n) is 15.0. The minimum atomic E-state index is -4.41. The van der Waals surface area contributed by atoms with E-state index in [1.807, 2.05) is 0 Å². The second-order valence-electron chi connectivity index (χ2n) is 23.4. The van der Waals surface area contributed by atoms with Gasteiger partial charge in [0.1, 0.15) is 6.61 Å². The lowest BCUT2D eigenvalue weighted by atomic mass is 10.0. The molecule has 0 aliphatic carbocycles. The Hall–Kier alpha value is -3.85. The number of phosphoric acid groups is 1. The molecular formula is C77H132NO8P. The zero-order chi connectivity index (χ0) is 63.0. The molecule has 0 aliphatic rings. The summed E-state index contributed by atoms with van der Waals surface area (Å²) in [7, 11) is -4.41. The van der Waals surface area contributed by atoms with Gasteiger partial charge in [0.2, 0.25) is 0 Å². The van der Waals surface area contributed by atoms with Crippen molar-refractivity contribution in [2.24, 2.45) is 5.73 Å². The first kappa shape index (κ1) is 83.2. The number of unbranched alkanes of at least 4 members (excludes halogenated alkanes) is 31. The lowest BCUT2D eigenvalue weighted by molar-refractivity contribution is -0.161. The van der Waals surface area contributed by atoms with Gasteiger partial charge in [0.15, 0.2) is 6.10 Å². The Balaban J connectivity index is 3.94. The molecule has 9 nitrogen and oxygen atoms in total. The average molecular weight is 1230 g/mol. The Kier molecular flexibility index (Phi) is 68.1. The molecular weight excluding hydrogens is 1100 g/mol. The maximum absolute atomic E-state index is 12.8. The summed E-state index contributed by atoms with van der Waals surface area (Å²) in [4.78, 5) is 35.4. The van der Waals surface area contributed by atoms with E-state index in [4.69, 9.17) is 24.3 Å². The molecule has 87 heavy (non-hydrogen) atoms. The van der Waals surface area contributed by atoms with Gasteiger partial charge in [-0.1, -0.05) is 314 Å². The number of esters is 2. The zero-order valence-corrected chi connectivity index (χ0v) is 56.9. The number of hydrogen-bond donors (Lipinski definition) is 2. The lowest BCUT2D eigenvalue weighted by Crippen LogP contribution is -2.29. The molecule has 0 rings (SSSR count). The SMILES string of the molecule is CC/C=C\C/C=C\C/C=C\C/C=C\C/C=C\C/C=C\C/C=C\C/C=C\C/C=C\CCCCCCCCCC(=O)OC(COC(=O)CCCCCCCCCCCCCCCCCCCCC/C=C\C/C=C\CCCCCCC)COP(=O)(O)OCCN. The Morgan fingerprint density at radius 1 is 0.356 bits per heavy atom. The topological polar surface area (TPSA) is 134 Å². The summed E-state index contributed by atoms with van der Waals surface area (Å²) in [6, 6.07) is 0. The van der Waals surface area contributed by atoms with Crippen molar-refractivity contribution in [2.75, 3.05) is 26.4 Å². The van der Waals surface area contributed by atoms with E-state index in [2.05, 4.69) is 148 Å². The van der Waals surface area contributed by atoms with Crippen LogP contribution in [0.25, 0.3) is 0 Å². The van der Waals surface area contributed by atoms with E-state index in [-0.39, 0.29) is 38.6 Å². The van der Waals surface area contributed by atoms with Gasteiger partial charge in [-0.3, -0.25) is 18.6 Å². The fraction of sp³-hybridized carbons (Fsp3) is 0.688. The number of phosphoric ester groups is 1. The maximum Gasteiger partial charge on any atom is 0.472 e. The van der Waals surface area contributed by atoms with Crippen LogP contribution < -0.4 is 5.73 Å². The van der Waals surface area contributed by atoms with Crippen LogP contribution in [0.1, 0.15) is 309 Å². The van der Waals surface area contributed by atoms with Crippen LogP contribution in [-0.4, -0.2) is 49.3 Å². The highest BCUT2D eigenvalue weighted by Crippen LogP contribution is 2.43. The fourth-order valence-corrected chi connectivity index (χ4v) is 10.5. The largest absolute Gasteiger partial charge is 0.472 e. The highest BCUT2D eigenvalue weighted by molar-refractivity contribution is 7.47. The van der Waals surface area contributed by atoms with Gasteiger partial charge in [0, 0.05) is 19.4 Å². The first-order valence-corrected chi connectivity index (χ1v) is 37.2. The number of hydrogen-bond acceptors (Lipinski definition) is 8. The van der Waals surface area contributed by atoms with Crippen LogP contribution in [0, 0.1) is 0 Å². The van der Waals surface area contributed by atoms with E-state index >= 15 is 0 Å². The standard InChI is InChI=1S/C77H132NO8P/c1-3-5-7-9-11-13-15-17-19-21-23-25-27-29-31-33-35-36-37-38-40-42-44-46-48-50-52-54-56-58-60-62-64-66-68-70-77(80)86-75(74-85-87(81,82)84-72-71-78)73-83-76(79)69-67-65-63-61-59-57-55-53-51-49-47-45-43-41-39-34-32-30-28-26-24-22-20-18-16-14-12-10-8-6-4-2/h5,7,11,13,16-19,22-25,29,31,35-36,38,40,44,46,50,52,75H,3-4,6,8-10,12,14-15,20-21,26-28,30,32-34,37,39,41-43,45,47-49,51,53-74,78H2,1-2H3,(H,81,82)/b7-5-,13-11-,18-16-,19-17-,24-22-,25-23-,31-29-,36-35-,40-38-,46-44-,52-50-. The smallest absolute Gasteiger partial charge is 0.462 e. The van der Waals surface area contributed by atoms with Gasteiger partial charge < -0.3 is 20.1 Å². The minimum absolute atomic E-state index is 0.0461. The van der Waals surface area contributed by atoms with Gasteiger partial charge >= 0.3 is 19.8 Å². The molecule has 10 heteroatoms. The van der Waals surface area contributed by atoms with Crippen molar-refractivity contribution in [2.45, 2.75) is 315 Å². The second-order valence-corrected chi connectivity index (χ2v) is 24.8. The Morgan fingerprint density at radius 2 is 0.632 bits per heavy atom. The van der Waals surface area contributed by atoms with Gasteiger partial charge in [-0.15, -0.1) is 0 Å². The van der Waals surface area contributed by atoms with Gasteiger partial charge in [-0.25, -0.2) is 4.57 Å². The normalized spacial score (nSPS) is 13.7. The highest BCUT2D eigenvalue weighted by Gasteiger charge is 2.26. The summed E-state index contributed by atoms with van der Waals surface area (Å²) in [6.07, 6.45) is 101. The van der Waals surface area contributed by atoms with Crippen LogP contribution in [0.15, 0.2) is 134 Å². The highest BCUT2D eigenvalue weighted by atomic mass is 31.2. The quantitative estimate of drug-likeness (QED) is 0.0264. The molecule has 0 aromatic carbocycles. The molecule has 0 aromatic heterocycles. The fourth-order valence-electron chi connectivity index (χ4n) is 9.78. The predicted molar refractivity (Wildman–Crippen MR) is 376 cm³/mol. The monoisotopic (exact) mass is 1230 g/mol. The van der Waals surface area contributed by atoms with Crippen LogP contribution in [0.5, 0.6) is 0 Å². The number of ether oxygens (including phenoxy) is 2. The van der Waals surface area contributed by atoms with E-state index in [9.17, 15) is 19.0 Å². The molecule has 0 amide bonds. The number of allylic oxidation sites excluding steroid dienone is 22. The molecule has 0 aromatic rings. The van der Waals surface area contributed by atoms with Crippen molar-refractivity contribution in [3.63, 3.8) is 0 Å². The molecule has 0 fully saturated rings. The van der Waals surface area contributed by atoms with Crippen LogP contribution in [-0.2, 0) is 32.7 Å². The summed E-state index contributed by atoms with van der Waals surface area (Å²) in [5.74, 6) is -0.838. The van der Waals surface area contributed by atoms with Gasteiger partial charge in [0.05, 0.1) is 13.2 Å². The summed E-state index contributed by atoms with van der Waals surface area (Å²) in [5.41, 5.74) is 5.40. The first-order valence-electron chi connectivity index (χ1n) is 35.7. The van der Waals surface area contributed by atoms with E-state index in [1.165, 1.54) is 167 Å². The maximum atomic E-state index is 12.8. The Labute approximate surface area is 535 Å². The van der Waals surface area contributed by atoms with Crippen LogP contribution in [0.4, 0.5) is 0 Å². The Morgan fingerprint density at radius 3 is 0.943 bits per heavy atom. The van der Waals surface area contributed by atoms with Gasteiger partial charge in [-0.2, -0.15) is 0 Å². The summed E-state index contributed by atoms with van der Waals surface area (Å²) in [5, 5.41) is 0. The summed E-state index contributed by atoms with van der Waals surface area (Å²) >= 11 is 0. The van der Waals surface area contributed by atoms with Crippen molar-refractivity contribution in [1.29, 1.82) is 0 Å². The molecule has 498 valence electrons. The van der Waals surface area contributed by atoms with Crippen LogP contribution in [0.2, 0.25) is 0 Å². The zero-order valence-electron chi connectivity index (χ0n) is 56.0. The second kappa shape index (κ2) is 71.2. The molecule has 2 atom stereocenters. The minimum Gasteiger partial charge on any atom is -0.462 e. The van der Waals surface area contributed by atoms with E-state index in [0.717, 1.165) is 109 Å². The third-order valence-corrected chi connectivity index (χ3v) is 16.0. The molecule has 2 unspecified atom stereocenters. The number of carbonyl (C=O) groups excluding carboxylic acids is 2. The molecule has 0 spiro atoms. The molecule has 0 heterocycles. The van der Waals surface area contributed by atoms with E-state index in [0.29, 0.717) is 6.42 Å². The number of carbonyl (C=O) groups is 2. The lowest BCUT2D eigenvalue weighted by Gasteiger charge is -2.19. The van der Waals surface area contributed by atoms with Crippen molar-refractivity contribution < 1.29 is 37.6 Å². The van der Waals surface area contributed by atoms with E-state index in [1.54, 1.807) is 0 Å². The summed E-state index contributed by atoms with van der Waals surface area (Å²) in [6.45, 7) is 3.63. The molecule has 0 aliphatic heterocycles. The number of nitrogens with two attached hydrogens (primary N) is 1. The Bertz CT molecular complexity index is 1890.